The lowest BCUT2D eigenvalue weighted by Gasteiger charge is -2.04. The molecule has 0 unspecified atom stereocenters. The Morgan fingerprint density at radius 3 is 0.932 bits per heavy atom. The van der Waals surface area contributed by atoms with Gasteiger partial charge in [0.25, 0.3) is 0 Å². The number of aryl methyl sites for hydroxylation is 2. The van der Waals surface area contributed by atoms with E-state index >= 15 is 0 Å². The molecule has 0 fully saturated rings. The van der Waals surface area contributed by atoms with Crippen LogP contribution in [0.5, 0.6) is 0 Å². The van der Waals surface area contributed by atoms with E-state index in [0.29, 0.717) is 0 Å². The first kappa shape index (κ1) is 41.2. The number of hydrogen-bond acceptors (Lipinski definition) is 0. The first-order valence-electron chi connectivity index (χ1n) is 20.9. The summed E-state index contributed by atoms with van der Waals surface area (Å²) < 4.78 is 4.83. The van der Waals surface area contributed by atoms with Gasteiger partial charge in [0, 0.05) is 0 Å². The number of aromatic nitrogens is 2. The third-order valence-corrected chi connectivity index (χ3v) is 10.0. The standard InChI is InChI=1S/C42H83N2/c1-3-5-7-9-11-13-15-17-19-21-23-25-27-29-31-33-35-37-39-44-41-40-43(42-44)38-36-34-32-30-28-26-24-22-20-18-16-14-12-10-8-6-4-2/h40-42H,3-39H2,1-2H3/q+1. The Morgan fingerprint density at radius 2 is 0.614 bits per heavy atom. The molecule has 0 saturated heterocycles. The Kier molecular flexibility index (Phi) is 32.9. The normalized spacial score (nSPS) is 11.6. The van der Waals surface area contributed by atoms with Gasteiger partial charge in [-0.3, -0.25) is 0 Å². The summed E-state index contributed by atoms with van der Waals surface area (Å²) in [5.74, 6) is 0. The predicted octanol–water partition coefficient (Wildman–Crippen LogP) is 14.5. The summed E-state index contributed by atoms with van der Waals surface area (Å²) in [4.78, 5) is 0. The van der Waals surface area contributed by atoms with Crippen LogP contribution in [-0.2, 0) is 13.1 Å². The van der Waals surface area contributed by atoms with Crippen LogP contribution in [0.4, 0.5) is 0 Å². The van der Waals surface area contributed by atoms with E-state index in [2.05, 4.69) is 41.7 Å². The third-order valence-electron chi connectivity index (χ3n) is 10.0. The van der Waals surface area contributed by atoms with Crippen molar-refractivity contribution in [2.75, 3.05) is 0 Å². The van der Waals surface area contributed by atoms with Crippen LogP contribution in [0.2, 0.25) is 0 Å². The highest BCUT2D eigenvalue weighted by molar-refractivity contribution is 4.66. The van der Waals surface area contributed by atoms with Crippen LogP contribution in [-0.4, -0.2) is 4.57 Å². The van der Waals surface area contributed by atoms with E-state index in [1.54, 1.807) is 0 Å². The molecular weight excluding hydrogens is 532 g/mol. The summed E-state index contributed by atoms with van der Waals surface area (Å²) in [6.45, 7) is 7.01. The summed E-state index contributed by atoms with van der Waals surface area (Å²) in [7, 11) is 0. The minimum Gasteiger partial charge on any atom is -0.237 e. The van der Waals surface area contributed by atoms with Gasteiger partial charge in [0.05, 0.1) is 13.1 Å². The van der Waals surface area contributed by atoms with Crippen molar-refractivity contribution in [2.24, 2.45) is 0 Å². The van der Waals surface area contributed by atoms with Gasteiger partial charge < -0.3 is 0 Å². The molecular formula is C42H83N2+. The Balaban J connectivity index is 1.76. The molecule has 0 N–H and O–H groups in total. The average Bonchev–Trinajstić information content (AvgIpc) is 3.49. The van der Waals surface area contributed by atoms with Crippen molar-refractivity contribution in [2.45, 2.75) is 252 Å². The van der Waals surface area contributed by atoms with Crippen LogP contribution in [0, 0.1) is 0 Å². The number of rotatable bonds is 37. The zero-order valence-corrected chi connectivity index (χ0v) is 30.8. The van der Waals surface area contributed by atoms with Gasteiger partial charge in [0.1, 0.15) is 12.4 Å². The fraction of sp³-hybridized carbons (Fsp3) is 0.929. The van der Waals surface area contributed by atoms with Crippen molar-refractivity contribution >= 4 is 0 Å². The number of imidazole rings is 1. The van der Waals surface area contributed by atoms with E-state index in [-0.39, 0.29) is 0 Å². The molecule has 0 radical (unpaired) electrons. The van der Waals surface area contributed by atoms with Gasteiger partial charge in [-0.25, -0.2) is 9.13 Å². The number of nitrogens with zero attached hydrogens (tertiary/aromatic N) is 2. The molecule has 2 nitrogen and oxygen atoms in total. The highest BCUT2D eigenvalue weighted by Gasteiger charge is 2.04. The second kappa shape index (κ2) is 35.1. The molecule has 1 aromatic rings. The van der Waals surface area contributed by atoms with Crippen LogP contribution in [0.1, 0.15) is 239 Å². The van der Waals surface area contributed by atoms with Crippen molar-refractivity contribution in [1.82, 2.24) is 4.57 Å². The van der Waals surface area contributed by atoms with Crippen LogP contribution in [0.15, 0.2) is 18.7 Å². The smallest absolute Gasteiger partial charge is 0.237 e. The SMILES string of the molecule is CCCCCCCCCCCCCCCCCCCC[n+]1ccn(CCCCCCCCCCCCCCCCCCC)c1. The highest BCUT2D eigenvalue weighted by atomic mass is 15.1. The lowest BCUT2D eigenvalue weighted by Crippen LogP contribution is -2.30. The van der Waals surface area contributed by atoms with E-state index in [1.807, 2.05) is 0 Å². The molecule has 0 spiro atoms. The average molecular weight is 616 g/mol. The molecule has 0 bridgehead atoms. The quantitative estimate of drug-likeness (QED) is 0.0520. The van der Waals surface area contributed by atoms with Gasteiger partial charge in [0.2, 0.25) is 6.33 Å². The van der Waals surface area contributed by atoms with E-state index in [1.165, 1.54) is 238 Å². The Morgan fingerprint density at radius 1 is 0.341 bits per heavy atom. The molecule has 1 heterocycles. The van der Waals surface area contributed by atoms with E-state index in [0.717, 1.165) is 0 Å². The lowest BCUT2D eigenvalue weighted by atomic mass is 10.0. The van der Waals surface area contributed by atoms with Crippen LogP contribution < -0.4 is 4.57 Å². The molecule has 0 aliphatic rings. The summed E-state index contributed by atoms with van der Waals surface area (Å²) >= 11 is 0. The lowest BCUT2D eigenvalue weighted by molar-refractivity contribution is -0.696. The molecule has 44 heavy (non-hydrogen) atoms. The topological polar surface area (TPSA) is 8.81 Å². The predicted molar refractivity (Wildman–Crippen MR) is 198 cm³/mol. The highest BCUT2D eigenvalue weighted by Crippen LogP contribution is 2.16. The van der Waals surface area contributed by atoms with Crippen molar-refractivity contribution in [3.63, 3.8) is 0 Å². The molecule has 2 heteroatoms. The molecule has 1 aromatic heterocycles. The second-order valence-corrected chi connectivity index (χ2v) is 14.6. The Labute approximate surface area is 279 Å². The fourth-order valence-corrected chi connectivity index (χ4v) is 6.92. The largest absolute Gasteiger partial charge is 0.243 e. The number of hydrogen-bond donors (Lipinski definition) is 0. The molecule has 0 aromatic carbocycles. The molecule has 0 aliphatic carbocycles. The fourth-order valence-electron chi connectivity index (χ4n) is 6.92. The first-order valence-corrected chi connectivity index (χ1v) is 20.9. The Hall–Kier alpha value is -0.790. The maximum absolute atomic E-state index is 2.42. The molecule has 0 aliphatic heterocycles. The van der Waals surface area contributed by atoms with Crippen molar-refractivity contribution in [3.8, 4) is 0 Å². The van der Waals surface area contributed by atoms with Crippen LogP contribution in [0.25, 0.3) is 0 Å². The maximum Gasteiger partial charge on any atom is 0.243 e. The van der Waals surface area contributed by atoms with Gasteiger partial charge in [-0.15, -0.1) is 0 Å². The summed E-state index contributed by atoms with van der Waals surface area (Å²) in [5, 5.41) is 0. The third kappa shape index (κ3) is 29.9. The zero-order chi connectivity index (χ0) is 31.4. The van der Waals surface area contributed by atoms with Crippen molar-refractivity contribution in [3.05, 3.63) is 18.7 Å². The maximum atomic E-state index is 2.42. The van der Waals surface area contributed by atoms with Crippen molar-refractivity contribution < 1.29 is 4.57 Å². The van der Waals surface area contributed by atoms with Gasteiger partial charge in [-0.1, -0.05) is 213 Å². The minimum atomic E-state index is 1.20. The summed E-state index contributed by atoms with van der Waals surface area (Å²) in [6.07, 6.45) is 57.7. The number of unbranched alkanes of at least 4 members (excludes halogenated alkanes) is 33. The molecule has 260 valence electrons. The van der Waals surface area contributed by atoms with Crippen LogP contribution >= 0.6 is 0 Å². The van der Waals surface area contributed by atoms with Crippen molar-refractivity contribution in [1.29, 1.82) is 0 Å². The van der Waals surface area contributed by atoms with Crippen LogP contribution in [0.3, 0.4) is 0 Å². The minimum absolute atomic E-state index is 1.20. The zero-order valence-electron chi connectivity index (χ0n) is 30.8. The summed E-state index contributed by atoms with van der Waals surface area (Å²) in [6, 6.07) is 0. The molecule has 1 rings (SSSR count). The molecule has 0 saturated carbocycles. The van der Waals surface area contributed by atoms with E-state index in [4.69, 9.17) is 0 Å². The van der Waals surface area contributed by atoms with E-state index < -0.39 is 0 Å². The van der Waals surface area contributed by atoms with Gasteiger partial charge in [-0.2, -0.15) is 0 Å². The Bertz CT molecular complexity index is 650. The van der Waals surface area contributed by atoms with Gasteiger partial charge >= 0.3 is 0 Å². The monoisotopic (exact) mass is 616 g/mol. The van der Waals surface area contributed by atoms with Gasteiger partial charge in [-0.05, 0) is 25.7 Å². The molecule has 0 amide bonds. The summed E-state index contributed by atoms with van der Waals surface area (Å²) in [5.41, 5.74) is 0. The molecule has 0 atom stereocenters. The second-order valence-electron chi connectivity index (χ2n) is 14.6. The van der Waals surface area contributed by atoms with Gasteiger partial charge in [0.15, 0.2) is 0 Å². The van der Waals surface area contributed by atoms with E-state index in [9.17, 15) is 0 Å². The first-order chi connectivity index (χ1) is 21.9.